The largest absolute Gasteiger partial charge is 0.381 e. The number of fused-ring (bicyclic) bond motifs is 2. The molecular weight excluding hydrogens is 340 g/mol. The minimum atomic E-state index is -0.533. The summed E-state index contributed by atoms with van der Waals surface area (Å²) in [5, 5.41) is 0. The van der Waals surface area contributed by atoms with Gasteiger partial charge >= 0.3 is 0 Å². The minimum Gasteiger partial charge on any atom is -0.381 e. The lowest BCUT2D eigenvalue weighted by Gasteiger charge is -2.29. The van der Waals surface area contributed by atoms with E-state index in [1.54, 1.807) is 6.20 Å². The number of ether oxygens (including phenoxy) is 1. The van der Waals surface area contributed by atoms with E-state index in [2.05, 4.69) is 4.98 Å². The van der Waals surface area contributed by atoms with Crippen LogP contribution >= 0.6 is 0 Å². The van der Waals surface area contributed by atoms with Crippen molar-refractivity contribution in [3.05, 3.63) is 59.9 Å². The summed E-state index contributed by atoms with van der Waals surface area (Å²) in [5.41, 5.74) is 1.61. The van der Waals surface area contributed by atoms with Crippen LogP contribution in [0.5, 0.6) is 0 Å². The zero-order chi connectivity index (χ0) is 18.4. The van der Waals surface area contributed by atoms with Crippen molar-refractivity contribution in [2.45, 2.75) is 24.7 Å². The van der Waals surface area contributed by atoms with E-state index in [1.807, 2.05) is 47.4 Å². The summed E-state index contributed by atoms with van der Waals surface area (Å²) in [7, 11) is 0. The second-order valence-electron chi connectivity index (χ2n) is 7.77. The topological polar surface area (TPSA) is 59.5 Å². The number of aromatic nitrogens is 1. The molecule has 2 aromatic rings. The number of ketones is 1. The number of pyridine rings is 1. The summed E-state index contributed by atoms with van der Waals surface area (Å²) in [4.78, 5) is 33.1. The van der Waals surface area contributed by atoms with Gasteiger partial charge < -0.3 is 9.64 Å². The lowest BCUT2D eigenvalue weighted by Crippen LogP contribution is -2.40. The Morgan fingerprint density at radius 3 is 2.67 bits per heavy atom. The van der Waals surface area contributed by atoms with Gasteiger partial charge in [-0.25, -0.2) is 0 Å². The van der Waals surface area contributed by atoms with Crippen LogP contribution in [0.3, 0.4) is 0 Å². The third kappa shape index (κ3) is 2.52. The van der Waals surface area contributed by atoms with Crippen LogP contribution < -0.4 is 4.90 Å². The maximum Gasteiger partial charge on any atom is 0.230 e. The second kappa shape index (κ2) is 6.27. The fourth-order valence-electron chi connectivity index (χ4n) is 4.74. The predicted molar refractivity (Wildman–Crippen MR) is 101 cm³/mol. The number of anilines is 1. The molecule has 0 radical (unpaired) electrons. The molecule has 0 N–H and O–H groups in total. The van der Waals surface area contributed by atoms with Crippen LogP contribution in [-0.2, 0) is 14.9 Å². The number of amides is 1. The van der Waals surface area contributed by atoms with E-state index in [4.69, 9.17) is 4.74 Å². The number of rotatable bonds is 2. The van der Waals surface area contributed by atoms with Crippen LogP contribution in [0.15, 0.2) is 48.7 Å². The highest BCUT2D eigenvalue weighted by Crippen LogP contribution is 2.58. The molecule has 2 aliphatic heterocycles. The van der Waals surface area contributed by atoms with Gasteiger partial charge in [-0.05, 0) is 42.9 Å². The van der Waals surface area contributed by atoms with Crippen molar-refractivity contribution in [3.8, 4) is 0 Å². The molecule has 3 aliphatic rings. The molecule has 27 heavy (non-hydrogen) atoms. The first-order valence-corrected chi connectivity index (χ1v) is 9.66. The van der Waals surface area contributed by atoms with Gasteiger partial charge in [-0.3, -0.25) is 14.6 Å². The molecule has 5 heteroatoms. The Kier molecular flexibility index (Phi) is 3.86. The molecule has 2 fully saturated rings. The highest BCUT2D eigenvalue weighted by molar-refractivity contribution is 6.12. The molecule has 1 aromatic heterocycles. The molecule has 1 aliphatic carbocycles. The molecule has 1 aromatic carbocycles. The second-order valence-corrected chi connectivity index (χ2v) is 7.77. The van der Waals surface area contributed by atoms with E-state index in [-0.39, 0.29) is 23.5 Å². The van der Waals surface area contributed by atoms with Gasteiger partial charge in [0.25, 0.3) is 0 Å². The van der Waals surface area contributed by atoms with Crippen molar-refractivity contribution >= 4 is 17.4 Å². The van der Waals surface area contributed by atoms with Crippen molar-refractivity contribution < 1.29 is 14.3 Å². The zero-order valence-corrected chi connectivity index (χ0v) is 15.1. The summed E-state index contributed by atoms with van der Waals surface area (Å²) >= 11 is 0. The Morgan fingerprint density at radius 2 is 1.89 bits per heavy atom. The first kappa shape index (κ1) is 16.6. The monoisotopic (exact) mass is 362 g/mol. The molecule has 0 spiro atoms. The molecule has 1 saturated carbocycles. The van der Waals surface area contributed by atoms with Gasteiger partial charge in [0.1, 0.15) is 5.69 Å². The van der Waals surface area contributed by atoms with Crippen molar-refractivity contribution in [2.24, 2.45) is 11.8 Å². The van der Waals surface area contributed by atoms with Crippen molar-refractivity contribution in [2.75, 3.05) is 24.7 Å². The van der Waals surface area contributed by atoms with Crippen LogP contribution in [0, 0.1) is 11.8 Å². The highest BCUT2D eigenvalue weighted by atomic mass is 16.5. The molecule has 0 unspecified atom stereocenters. The Morgan fingerprint density at radius 1 is 1.11 bits per heavy atom. The van der Waals surface area contributed by atoms with Crippen LogP contribution in [0.2, 0.25) is 0 Å². The number of benzene rings is 1. The number of hydrogen-bond acceptors (Lipinski definition) is 4. The molecule has 2 atom stereocenters. The van der Waals surface area contributed by atoms with Crippen molar-refractivity contribution in [1.29, 1.82) is 0 Å². The third-order valence-electron chi connectivity index (χ3n) is 6.33. The SMILES string of the molecule is O=C(C1CCOCC1)N1C[C@@H]2C[C@]2(c2ccccc2)C(=O)c2ncccc21. The number of hydrogen-bond donors (Lipinski definition) is 0. The first-order chi connectivity index (χ1) is 13.2. The molecule has 138 valence electrons. The van der Waals surface area contributed by atoms with Crippen LogP contribution in [0.25, 0.3) is 0 Å². The fourth-order valence-corrected chi connectivity index (χ4v) is 4.74. The van der Waals surface area contributed by atoms with Gasteiger partial charge in [0.2, 0.25) is 5.91 Å². The van der Waals surface area contributed by atoms with Gasteiger partial charge in [-0.15, -0.1) is 0 Å². The number of Topliss-reactive ketones (excluding diaryl/α,β-unsaturated/α-hetero) is 1. The first-order valence-electron chi connectivity index (χ1n) is 9.66. The summed E-state index contributed by atoms with van der Waals surface area (Å²) in [5.74, 6) is 0.267. The highest BCUT2D eigenvalue weighted by Gasteiger charge is 2.63. The van der Waals surface area contributed by atoms with E-state index in [9.17, 15) is 9.59 Å². The maximum absolute atomic E-state index is 13.5. The van der Waals surface area contributed by atoms with E-state index < -0.39 is 5.41 Å². The molecule has 5 nitrogen and oxygen atoms in total. The Balaban J connectivity index is 1.56. The summed E-state index contributed by atoms with van der Waals surface area (Å²) in [6.07, 6.45) is 3.92. The van der Waals surface area contributed by atoms with Crippen LogP contribution in [0.1, 0.15) is 35.3 Å². The Hall–Kier alpha value is -2.53. The molecule has 5 rings (SSSR count). The maximum atomic E-state index is 13.5. The van der Waals surface area contributed by atoms with Gasteiger partial charge in [0.15, 0.2) is 5.78 Å². The van der Waals surface area contributed by atoms with Gasteiger partial charge in [-0.1, -0.05) is 30.3 Å². The Bertz CT molecular complexity index is 891. The average molecular weight is 362 g/mol. The van der Waals surface area contributed by atoms with Gasteiger partial charge in [0, 0.05) is 31.9 Å². The smallest absolute Gasteiger partial charge is 0.230 e. The molecule has 3 heterocycles. The lowest BCUT2D eigenvalue weighted by molar-refractivity contribution is -0.125. The summed E-state index contributed by atoms with van der Waals surface area (Å²) in [6.45, 7) is 1.83. The summed E-state index contributed by atoms with van der Waals surface area (Å²) in [6, 6.07) is 13.6. The minimum absolute atomic E-state index is 0.0371. The molecular formula is C22H22N2O3. The van der Waals surface area contributed by atoms with E-state index in [0.29, 0.717) is 31.1 Å². The lowest BCUT2D eigenvalue weighted by atomic mass is 9.87. The number of carbonyl (C=O) groups excluding carboxylic acids is 2. The average Bonchev–Trinajstić information content (AvgIpc) is 3.48. The van der Waals surface area contributed by atoms with Gasteiger partial charge in [-0.2, -0.15) is 0 Å². The van der Waals surface area contributed by atoms with E-state index in [0.717, 1.165) is 24.8 Å². The van der Waals surface area contributed by atoms with Crippen molar-refractivity contribution in [3.63, 3.8) is 0 Å². The zero-order valence-electron chi connectivity index (χ0n) is 15.1. The van der Waals surface area contributed by atoms with Crippen LogP contribution in [-0.4, -0.2) is 36.4 Å². The number of carbonyl (C=O) groups is 2. The van der Waals surface area contributed by atoms with Gasteiger partial charge in [0.05, 0.1) is 11.1 Å². The summed E-state index contributed by atoms with van der Waals surface area (Å²) < 4.78 is 5.41. The van der Waals surface area contributed by atoms with Crippen LogP contribution in [0.4, 0.5) is 5.69 Å². The molecule has 1 amide bonds. The Labute approximate surface area is 158 Å². The standard InChI is InChI=1S/C22H22N2O3/c25-20-19-18(7-4-10-23-19)24(21(26)15-8-11-27-12-9-15)14-17-13-22(17,20)16-5-2-1-3-6-16/h1-7,10,15,17H,8-9,11-14H2/t17-,22+/m0/s1. The van der Waals surface area contributed by atoms with E-state index >= 15 is 0 Å². The third-order valence-corrected chi connectivity index (χ3v) is 6.33. The predicted octanol–water partition coefficient (Wildman–Crippen LogP) is 3.00. The van der Waals surface area contributed by atoms with Crippen molar-refractivity contribution in [1.82, 2.24) is 4.98 Å². The quantitative estimate of drug-likeness (QED) is 0.824. The molecule has 1 saturated heterocycles. The number of nitrogens with zero attached hydrogens (tertiary/aromatic N) is 2. The normalized spacial score (nSPS) is 27.5. The van der Waals surface area contributed by atoms with E-state index in [1.165, 1.54) is 0 Å². The fraction of sp³-hybridized carbons (Fsp3) is 0.409. The molecule has 0 bridgehead atoms.